The first kappa shape index (κ1) is 12.3. The first-order chi connectivity index (χ1) is 8.56. The lowest BCUT2D eigenvalue weighted by molar-refractivity contribution is -0.115. The number of nitrogens with one attached hydrogen (secondary N) is 1. The van der Waals surface area contributed by atoms with Crippen molar-refractivity contribution in [3.8, 4) is 0 Å². The normalized spacial score (nSPS) is 14.9. The van der Waals surface area contributed by atoms with Gasteiger partial charge >= 0.3 is 5.97 Å². The van der Waals surface area contributed by atoms with E-state index < -0.39 is 11.8 Å². The maximum Gasteiger partial charge on any atom is 0.338 e. The fourth-order valence-electron chi connectivity index (χ4n) is 1.60. The van der Waals surface area contributed by atoms with Crippen LogP contribution in [-0.2, 0) is 11.3 Å². The molecule has 1 aliphatic rings. The van der Waals surface area contributed by atoms with Crippen molar-refractivity contribution in [3.63, 3.8) is 0 Å². The van der Waals surface area contributed by atoms with Crippen LogP contribution < -0.4 is 5.43 Å². The van der Waals surface area contributed by atoms with Crippen molar-refractivity contribution in [1.29, 1.82) is 0 Å². The maximum absolute atomic E-state index is 13.2. The number of carboxylic acid groups (broad SMARTS) is 1. The molecule has 6 heteroatoms. The quantitative estimate of drug-likeness (QED) is 0.835. The highest BCUT2D eigenvalue weighted by Crippen LogP contribution is 2.12. The Kier molecular flexibility index (Phi) is 3.38. The molecule has 2 rings (SSSR count). The third-order valence-corrected chi connectivity index (χ3v) is 2.51. The van der Waals surface area contributed by atoms with Crippen LogP contribution in [0, 0.1) is 5.82 Å². The maximum atomic E-state index is 13.2. The number of rotatable bonds is 3. The third-order valence-electron chi connectivity index (χ3n) is 2.51. The average Bonchev–Trinajstić information content (AvgIpc) is 2.34. The molecule has 1 aromatic carbocycles. The van der Waals surface area contributed by atoms with Crippen molar-refractivity contribution in [1.82, 2.24) is 10.4 Å². The van der Waals surface area contributed by atoms with E-state index in [2.05, 4.69) is 5.43 Å². The molecule has 5 nitrogen and oxygen atoms in total. The van der Waals surface area contributed by atoms with Crippen molar-refractivity contribution in [2.24, 2.45) is 0 Å². The Balaban J connectivity index is 2.15. The van der Waals surface area contributed by atoms with E-state index in [1.54, 1.807) is 11.2 Å². The van der Waals surface area contributed by atoms with Crippen LogP contribution >= 0.6 is 0 Å². The Morgan fingerprint density at radius 1 is 1.50 bits per heavy atom. The molecule has 0 atom stereocenters. The van der Waals surface area contributed by atoms with Crippen molar-refractivity contribution < 1.29 is 19.1 Å². The van der Waals surface area contributed by atoms with Gasteiger partial charge in [0.25, 0.3) is 0 Å². The second-order valence-electron chi connectivity index (χ2n) is 3.86. The summed E-state index contributed by atoms with van der Waals surface area (Å²) in [6.07, 6.45) is 2.99. The summed E-state index contributed by atoms with van der Waals surface area (Å²) in [5.41, 5.74) is 3.12. The van der Waals surface area contributed by atoms with E-state index in [1.165, 1.54) is 18.2 Å². The molecule has 0 bridgehead atoms. The standard InChI is InChI=1S/C12H11FN2O3/c13-11-2-1-8(5-10(11)12(17)18)7-15-4-3-9(16)6-14-15/h1-5,14H,6-7H2,(H,17,18). The van der Waals surface area contributed by atoms with Gasteiger partial charge in [0.15, 0.2) is 5.78 Å². The van der Waals surface area contributed by atoms with Crippen LogP contribution in [0.25, 0.3) is 0 Å². The van der Waals surface area contributed by atoms with Crippen LogP contribution in [0.5, 0.6) is 0 Å². The molecule has 0 amide bonds. The van der Waals surface area contributed by atoms with Gasteiger partial charge < -0.3 is 10.1 Å². The molecule has 0 spiro atoms. The van der Waals surface area contributed by atoms with E-state index in [1.807, 2.05) is 0 Å². The number of nitrogens with zero attached hydrogens (tertiary/aromatic N) is 1. The van der Waals surface area contributed by atoms with Crippen molar-refractivity contribution in [2.45, 2.75) is 6.54 Å². The van der Waals surface area contributed by atoms with E-state index in [0.29, 0.717) is 12.1 Å². The molecule has 0 aromatic heterocycles. The lowest BCUT2D eigenvalue weighted by atomic mass is 10.1. The smallest absolute Gasteiger partial charge is 0.338 e. The van der Waals surface area contributed by atoms with Crippen molar-refractivity contribution >= 4 is 11.8 Å². The van der Waals surface area contributed by atoms with Gasteiger partial charge in [-0.1, -0.05) is 6.07 Å². The van der Waals surface area contributed by atoms with E-state index in [-0.39, 0.29) is 17.9 Å². The molecule has 0 saturated carbocycles. The van der Waals surface area contributed by atoms with Gasteiger partial charge in [0, 0.05) is 6.20 Å². The number of carbonyl (C=O) groups excluding carboxylic acids is 1. The van der Waals surface area contributed by atoms with E-state index in [4.69, 9.17) is 5.11 Å². The number of hydrazine groups is 1. The number of carbonyl (C=O) groups is 2. The SMILES string of the molecule is O=C1C=CN(Cc2ccc(F)c(C(=O)O)c2)NC1. The van der Waals surface area contributed by atoms with E-state index >= 15 is 0 Å². The first-order valence-corrected chi connectivity index (χ1v) is 5.29. The predicted molar refractivity (Wildman–Crippen MR) is 61.1 cm³/mol. The minimum absolute atomic E-state index is 0.0309. The lowest BCUT2D eigenvalue weighted by Crippen LogP contribution is -2.39. The average molecular weight is 250 g/mol. The number of hydrogen-bond acceptors (Lipinski definition) is 4. The summed E-state index contributed by atoms with van der Waals surface area (Å²) in [6, 6.07) is 3.91. The van der Waals surface area contributed by atoms with Crippen LogP contribution in [0.2, 0.25) is 0 Å². The summed E-state index contributed by atoms with van der Waals surface area (Å²) < 4.78 is 13.2. The Bertz CT molecular complexity index is 528. The highest BCUT2D eigenvalue weighted by Gasteiger charge is 2.13. The zero-order valence-corrected chi connectivity index (χ0v) is 9.39. The van der Waals surface area contributed by atoms with Crippen molar-refractivity contribution in [2.75, 3.05) is 6.54 Å². The largest absolute Gasteiger partial charge is 0.478 e. The Labute approximate surface area is 102 Å². The molecule has 1 aliphatic heterocycles. The molecule has 2 N–H and O–H groups in total. The number of benzene rings is 1. The molecular formula is C12H11FN2O3. The second kappa shape index (κ2) is 4.97. The summed E-state index contributed by atoms with van der Waals surface area (Å²) in [6.45, 7) is 0.549. The van der Waals surface area contributed by atoms with Crippen LogP contribution in [0.1, 0.15) is 15.9 Å². The van der Waals surface area contributed by atoms with Crippen LogP contribution in [-0.4, -0.2) is 28.4 Å². The van der Waals surface area contributed by atoms with Crippen molar-refractivity contribution in [3.05, 3.63) is 47.4 Å². The monoisotopic (exact) mass is 250 g/mol. The molecule has 1 heterocycles. The summed E-state index contributed by atoms with van der Waals surface area (Å²) >= 11 is 0. The first-order valence-electron chi connectivity index (χ1n) is 5.29. The van der Waals surface area contributed by atoms with Gasteiger partial charge in [-0.3, -0.25) is 4.79 Å². The molecule has 1 aromatic rings. The number of ketones is 1. The Morgan fingerprint density at radius 2 is 2.28 bits per heavy atom. The van der Waals surface area contributed by atoms with E-state index in [9.17, 15) is 14.0 Å². The molecular weight excluding hydrogens is 239 g/mol. The van der Waals surface area contributed by atoms with Gasteiger partial charge in [-0.15, -0.1) is 0 Å². The van der Waals surface area contributed by atoms with Gasteiger partial charge in [0.2, 0.25) is 0 Å². The molecule has 0 saturated heterocycles. The molecule has 18 heavy (non-hydrogen) atoms. The highest BCUT2D eigenvalue weighted by atomic mass is 19.1. The number of hydrogen-bond donors (Lipinski definition) is 2. The summed E-state index contributed by atoms with van der Waals surface area (Å²) in [7, 11) is 0. The summed E-state index contributed by atoms with van der Waals surface area (Å²) in [4.78, 5) is 21.7. The molecule has 94 valence electrons. The third kappa shape index (κ3) is 2.72. The van der Waals surface area contributed by atoms with Crippen LogP contribution in [0.15, 0.2) is 30.5 Å². The van der Waals surface area contributed by atoms with Crippen LogP contribution in [0.4, 0.5) is 4.39 Å². The van der Waals surface area contributed by atoms with Gasteiger partial charge in [-0.2, -0.15) is 0 Å². The zero-order valence-electron chi connectivity index (χ0n) is 9.39. The number of carboxylic acids is 1. The van der Waals surface area contributed by atoms with Gasteiger partial charge in [0.1, 0.15) is 5.82 Å². The lowest BCUT2D eigenvalue weighted by Gasteiger charge is -2.23. The Hall–Kier alpha value is -2.21. The minimum Gasteiger partial charge on any atom is -0.478 e. The molecule has 0 radical (unpaired) electrons. The number of aromatic carboxylic acids is 1. The van der Waals surface area contributed by atoms with Crippen LogP contribution in [0.3, 0.4) is 0 Å². The molecule has 0 fully saturated rings. The molecule has 0 aliphatic carbocycles. The summed E-state index contributed by atoms with van der Waals surface area (Å²) in [5.74, 6) is -2.09. The fourth-order valence-corrected chi connectivity index (χ4v) is 1.60. The topological polar surface area (TPSA) is 69.6 Å². The second-order valence-corrected chi connectivity index (χ2v) is 3.86. The van der Waals surface area contributed by atoms with Gasteiger partial charge in [-0.25, -0.2) is 14.6 Å². The van der Waals surface area contributed by atoms with Gasteiger partial charge in [-0.05, 0) is 23.8 Å². The Morgan fingerprint density at radius 3 is 2.89 bits per heavy atom. The minimum atomic E-state index is -1.30. The zero-order chi connectivity index (χ0) is 13.1. The van der Waals surface area contributed by atoms with Gasteiger partial charge in [0.05, 0.1) is 18.7 Å². The fraction of sp³-hybridized carbons (Fsp3) is 0.167. The predicted octanol–water partition coefficient (Wildman–Crippen LogP) is 0.927. The number of halogens is 1. The summed E-state index contributed by atoms with van der Waals surface area (Å²) in [5, 5.41) is 10.4. The highest BCUT2D eigenvalue weighted by molar-refractivity contribution is 5.91. The van der Waals surface area contributed by atoms with E-state index in [0.717, 1.165) is 6.07 Å². The molecule has 0 unspecified atom stereocenters.